The molecule has 2 aromatic heterocycles. The van der Waals surface area contributed by atoms with Gasteiger partial charge in [-0.3, -0.25) is 0 Å². The highest BCUT2D eigenvalue weighted by Gasteiger charge is 2.11. The summed E-state index contributed by atoms with van der Waals surface area (Å²) in [7, 11) is 0. The molecular formula is C12H16N4O. The molecule has 0 aromatic carbocycles. The standard InChI is InChI=1S/C12H16N4O/c1-7-5-14-11(4-10(7)13)16-9(3)12-15-6-8(2)17-12/h4-6,9H,1-3H3,(H3,13,14,16). The van der Waals surface area contributed by atoms with Crippen molar-refractivity contribution in [1.82, 2.24) is 9.97 Å². The molecule has 1 unspecified atom stereocenters. The third kappa shape index (κ3) is 2.55. The summed E-state index contributed by atoms with van der Waals surface area (Å²) in [6.07, 6.45) is 3.44. The minimum absolute atomic E-state index is 0.0432. The Morgan fingerprint density at radius 3 is 2.65 bits per heavy atom. The Balaban J connectivity index is 2.12. The van der Waals surface area contributed by atoms with Gasteiger partial charge in [-0.25, -0.2) is 9.97 Å². The summed E-state index contributed by atoms with van der Waals surface area (Å²) >= 11 is 0. The Kier molecular flexibility index (Phi) is 2.99. The molecule has 1 atom stereocenters. The van der Waals surface area contributed by atoms with E-state index < -0.39 is 0 Å². The quantitative estimate of drug-likeness (QED) is 0.849. The topological polar surface area (TPSA) is 77.0 Å². The van der Waals surface area contributed by atoms with E-state index in [1.165, 1.54) is 0 Å². The third-order valence-corrected chi connectivity index (χ3v) is 2.52. The van der Waals surface area contributed by atoms with Gasteiger partial charge in [0, 0.05) is 18.0 Å². The van der Waals surface area contributed by atoms with Crippen LogP contribution in [0.3, 0.4) is 0 Å². The first-order valence-electron chi connectivity index (χ1n) is 5.47. The predicted octanol–water partition coefficient (Wildman–Crippen LogP) is 2.44. The average Bonchev–Trinajstić information content (AvgIpc) is 2.70. The summed E-state index contributed by atoms with van der Waals surface area (Å²) in [5.74, 6) is 2.16. The van der Waals surface area contributed by atoms with E-state index in [1.807, 2.05) is 26.8 Å². The number of rotatable bonds is 3. The van der Waals surface area contributed by atoms with E-state index in [4.69, 9.17) is 10.2 Å². The molecule has 0 aliphatic heterocycles. The number of hydrogen-bond acceptors (Lipinski definition) is 5. The Bertz CT molecular complexity index is 521. The minimum Gasteiger partial charge on any atom is -0.444 e. The molecule has 3 N–H and O–H groups in total. The Morgan fingerprint density at radius 2 is 2.06 bits per heavy atom. The number of nitrogen functional groups attached to an aromatic ring is 1. The lowest BCUT2D eigenvalue weighted by Gasteiger charge is -2.11. The molecule has 2 rings (SSSR count). The van der Waals surface area contributed by atoms with Crippen molar-refractivity contribution in [3.8, 4) is 0 Å². The predicted molar refractivity (Wildman–Crippen MR) is 66.7 cm³/mol. The van der Waals surface area contributed by atoms with Crippen LogP contribution in [0.15, 0.2) is 22.9 Å². The summed E-state index contributed by atoms with van der Waals surface area (Å²) in [6.45, 7) is 5.75. The van der Waals surface area contributed by atoms with Crippen LogP contribution in [0.4, 0.5) is 11.5 Å². The van der Waals surface area contributed by atoms with Gasteiger partial charge in [0.2, 0.25) is 5.89 Å². The number of pyridine rings is 1. The SMILES string of the molecule is Cc1cnc(C(C)Nc2cc(N)c(C)cn2)o1. The smallest absolute Gasteiger partial charge is 0.216 e. The van der Waals surface area contributed by atoms with Crippen molar-refractivity contribution in [3.63, 3.8) is 0 Å². The lowest BCUT2D eigenvalue weighted by atomic mass is 10.2. The van der Waals surface area contributed by atoms with Gasteiger partial charge in [-0.15, -0.1) is 0 Å². The van der Waals surface area contributed by atoms with Crippen LogP contribution in [0.25, 0.3) is 0 Å². The molecule has 0 saturated heterocycles. The van der Waals surface area contributed by atoms with Crippen LogP contribution >= 0.6 is 0 Å². The Labute approximate surface area is 100 Å². The van der Waals surface area contributed by atoms with E-state index in [0.717, 1.165) is 22.8 Å². The number of nitrogens with zero attached hydrogens (tertiary/aromatic N) is 2. The summed E-state index contributed by atoms with van der Waals surface area (Å²) in [4.78, 5) is 8.41. The fraction of sp³-hybridized carbons (Fsp3) is 0.333. The van der Waals surface area contributed by atoms with Crippen molar-refractivity contribution in [2.24, 2.45) is 0 Å². The molecule has 2 aromatic rings. The molecule has 0 radical (unpaired) electrons. The second-order valence-corrected chi connectivity index (χ2v) is 4.10. The van der Waals surface area contributed by atoms with E-state index in [9.17, 15) is 0 Å². The van der Waals surface area contributed by atoms with Gasteiger partial charge >= 0.3 is 0 Å². The molecule has 5 heteroatoms. The molecule has 0 spiro atoms. The molecule has 0 aliphatic carbocycles. The maximum atomic E-state index is 5.82. The van der Waals surface area contributed by atoms with Gasteiger partial charge in [0.15, 0.2) is 0 Å². The van der Waals surface area contributed by atoms with E-state index in [-0.39, 0.29) is 6.04 Å². The number of anilines is 2. The first-order chi connectivity index (χ1) is 8.06. The summed E-state index contributed by atoms with van der Waals surface area (Å²) in [5.41, 5.74) is 7.51. The molecule has 0 saturated carbocycles. The van der Waals surface area contributed by atoms with Gasteiger partial charge in [-0.2, -0.15) is 0 Å². The van der Waals surface area contributed by atoms with Gasteiger partial charge in [-0.1, -0.05) is 0 Å². The normalized spacial score (nSPS) is 12.4. The average molecular weight is 232 g/mol. The second kappa shape index (κ2) is 4.45. The molecule has 90 valence electrons. The zero-order valence-corrected chi connectivity index (χ0v) is 10.2. The Hall–Kier alpha value is -2.04. The van der Waals surface area contributed by atoms with Crippen LogP contribution in [-0.2, 0) is 0 Å². The number of aryl methyl sites for hydroxylation is 2. The van der Waals surface area contributed by atoms with Crippen molar-refractivity contribution in [3.05, 3.63) is 35.7 Å². The first-order valence-corrected chi connectivity index (χ1v) is 5.47. The zero-order chi connectivity index (χ0) is 12.4. The summed E-state index contributed by atoms with van der Waals surface area (Å²) in [5, 5.41) is 3.19. The van der Waals surface area contributed by atoms with Crippen molar-refractivity contribution < 1.29 is 4.42 Å². The van der Waals surface area contributed by atoms with Crippen LogP contribution in [0.1, 0.15) is 30.2 Å². The van der Waals surface area contributed by atoms with E-state index in [2.05, 4.69) is 15.3 Å². The van der Waals surface area contributed by atoms with Gasteiger partial charge in [0.05, 0.1) is 6.20 Å². The van der Waals surface area contributed by atoms with Gasteiger partial charge in [0.1, 0.15) is 17.6 Å². The maximum Gasteiger partial charge on any atom is 0.216 e. The lowest BCUT2D eigenvalue weighted by molar-refractivity contribution is 0.453. The van der Waals surface area contributed by atoms with Crippen LogP contribution in [0, 0.1) is 13.8 Å². The van der Waals surface area contributed by atoms with Gasteiger partial charge in [-0.05, 0) is 26.3 Å². The number of nitrogens with two attached hydrogens (primary N) is 1. The van der Waals surface area contributed by atoms with Crippen LogP contribution in [-0.4, -0.2) is 9.97 Å². The number of oxazole rings is 1. The maximum absolute atomic E-state index is 5.82. The molecule has 0 amide bonds. The fourth-order valence-electron chi connectivity index (χ4n) is 1.47. The molecule has 0 bridgehead atoms. The highest BCUT2D eigenvalue weighted by Crippen LogP contribution is 2.20. The largest absolute Gasteiger partial charge is 0.444 e. The fourth-order valence-corrected chi connectivity index (χ4v) is 1.47. The minimum atomic E-state index is -0.0432. The lowest BCUT2D eigenvalue weighted by Crippen LogP contribution is -2.08. The van der Waals surface area contributed by atoms with Gasteiger partial charge in [0.25, 0.3) is 0 Å². The van der Waals surface area contributed by atoms with E-state index in [1.54, 1.807) is 12.4 Å². The number of nitrogens with one attached hydrogen (secondary N) is 1. The molecule has 0 fully saturated rings. The summed E-state index contributed by atoms with van der Waals surface area (Å²) < 4.78 is 5.44. The monoisotopic (exact) mass is 232 g/mol. The van der Waals surface area contributed by atoms with Crippen LogP contribution in [0.2, 0.25) is 0 Å². The highest BCUT2D eigenvalue weighted by molar-refractivity contribution is 5.53. The summed E-state index contributed by atoms with van der Waals surface area (Å²) in [6, 6.07) is 1.76. The van der Waals surface area contributed by atoms with Crippen LogP contribution < -0.4 is 11.1 Å². The van der Waals surface area contributed by atoms with Crippen molar-refractivity contribution in [2.75, 3.05) is 11.1 Å². The second-order valence-electron chi connectivity index (χ2n) is 4.10. The molecule has 17 heavy (non-hydrogen) atoms. The zero-order valence-electron chi connectivity index (χ0n) is 10.2. The number of hydrogen-bond donors (Lipinski definition) is 2. The molecular weight excluding hydrogens is 216 g/mol. The van der Waals surface area contributed by atoms with Crippen LogP contribution in [0.5, 0.6) is 0 Å². The number of aromatic nitrogens is 2. The highest BCUT2D eigenvalue weighted by atomic mass is 16.4. The van der Waals surface area contributed by atoms with Crippen molar-refractivity contribution in [1.29, 1.82) is 0 Å². The first kappa shape index (κ1) is 11.4. The van der Waals surface area contributed by atoms with E-state index in [0.29, 0.717) is 5.89 Å². The van der Waals surface area contributed by atoms with Gasteiger partial charge < -0.3 is 15.5 Å². The van der Waals surface area contributed by atoms with Crippen molar-refractivity contribution >= 4 is 11.5 Å². The van der Waals surface area contributed by atoms with E-state index >= 15 is 0 Å². The molecule has 5 nitrogen and oxygen atoms in total. The Morgan fingerprint density at radius 1 is 1.29 bits per heavy atom. The third-order valence-electron chi connectivity index (χ3n) is 2.52. The molecule has 2 heterocycles. The van der Waals surface area contributed by atoms with Crippen molar-refractivity contribution in [2.45, 2.75) is 26.8 Å². The molecule has 0 aliphatic rings.